The van der Waals surface area contributed by atoms with Gasteiger partial charge in [-0.25, -0.2) is 9.19 Å². The standard InChI is InChI=1S/C26H30IN5O6S.Al.HI/c1-38-23(34)10-3-5-14-39(37,13-4-2-9-22(33)31-27)32-26(36)21-16-19(24(28)30-17-21)12-11-18-7-6-8-20(15-18)25(29)35;;/h6-8,15-17H,2-5,9-10,13-14H2,1H3,(H5,28,29,30,31,33,35,36);;1H/q;+2;/p-2. The van der Waals surface area contributed by atoms with E-state index >= 15 is 0 Å². The molecule has 0 aliphatic carbocycles. The lowest BCUT2D eigenvalue weighted by Crippen LogP contribution is -2.23. The van der Waals surface area contributed by atoms with E-state index in [1.54, 1.807) is 47.1 Å². The van der Waals surface area contributed by atoms with Crippen LogP contribution in [-0.2, 0) is 24.1 Å². The molecule has 0 fully saturated rings. The van der Waals surface area contributed by atoms with Gasteiger partial charge in [-0.15, -0.1) is 0 Å². The number of hydrogen-bond acceptors (Lipinski definition) is 8. The molecular weight excluding hydrogens is 791 g/mol. The van der Waals surface area contributed by atoms with Crippen LogP contribution in [0.25, 0.3) is 0 Å². The summed E-state index contributed by atoms with van der Waals surface area (Å²) in [7, 11) is -1.68. The predicted molar refractivity (Wildman–Crippen MR) is 175 cm³/mol. The highest BCUT2D eigenvalue weighted by atomic mass is 127. The smallest absolute Gasteiger partial charge is 0.469 e. The molecule has 41 heavy (non-hydrogen) atoms. The summed E-state index contributed by atoms with van der Waals surface area (Å²) in [5.74, 6) is 4.77. The molecule has 0 bridgehead atoms. The van der Waals surface area contributed by atoms with Crippen LogP contribution in [0.1, 0.15) is 70.4 Å². The number of ether oxygens (including phenoxy) is 1. The monoisotopic (exact) mass is 820 g/mol. The van der Waals surface area contributed by atoms with E-state index in [0.717, 1.165) is 0 Å². The normalized spacial score (nSPS) is 11.7. The molecule has 11 nitrogen and oxygen atoms in total. The number of halogens is 2. The average molecular weight is 820 g/mol. The van der Waals surface area contributed by atoms with Crippen LogP contribution in [0.5, 0.6) is 0 Å². The summed E-state index contributed by atoms with van der Waals surface area (Å²) in [4.78, 5) is 52.2. The van der Waals surface area contributed by atoms with Gasteiger partial charge in [0.1, 0.15) is 5.82 Å². The van der Waals surface area contributed by atoms with Crippen molar-refractivity contribution >= 4 is 94.5 Å². The Bertz CT molecular complexity index is 1420. The SMILES string of the molecule is COC(=O)CCCCS(=O)(CCCCC(=O)NI)=NC(=O)c1cnc(N)c(C#Cc2cccc(C(=O)[NH][Al][I])c2)c1. The van der Waals surface area contributed by atoms with Crippen molar-refractivity contribution < 1.29 is 28.1 Å². The summed E-state index contributed by atoms with van der Waals surface area (Å²) in [6.07, 6.45) is 3.47. The van der Waals surface area contributed by atoms with Crippen molar-refractivity contribution in [1.29, 1.82) is 0 Å². The Morgan fingerprint density at radius 3 is 2.44 bits per heavy atom. The Kier molecular flexibility index (Phi) is 15.6. The molecule has 15 heteroatoms. The summed E-state index contributed by atoms with van der Waals surface area (Å²) in [5, 5.41) is 0. The molecule has 1 aromatic heterocycles. The first-order valence-corrected chi connectivity index (χ1v) is 20.1. The molecule has 1 radical (unpaired) electrons. The van der Waals surface area contributed by atoms with E-state index in [4.69, 9.17) is 5.73 Å². The third kappa shape index (κ3) is 12.7. The van der Waals surface area contributed by atoms with E-state index in [1.807, 2.05) is 0 Å². The van der Waals surface area contributed by atoms with Gasteiger partial charge in [-0.05, 0) is 49.9 Å². The van der Waals surface area contributed by atoms with E-state index in [2.05, 4.69) is 54.0 Å². The molecule has 1 unspecified atom stereocenters. The first-order valence-electron chi connectivity index (χ1n) is 12.4. The minimum Gasteiger partial charge on any atom is -0.469 e. The summed E-state index contributed by atoms with van der Waals surface area (Å²) < 4.78 is 27.7. The van der Waals surface area contributed by atoms with Crippen LogP contribution >= 0.6 is 43.1 Å². The molecule has 0 aliphatic rings. The fourth-order valence-electron chi connectivity index (χ4n) is 3.46. The highest BCUT2D eigenvalue weighted by Gasteiger charge is 2.16. The van der Waals surface area contributed by atoms with Gasteiger partial charge < -0.3 is 14.8 Å². The largest absolute Gasteiger partial charge is 0.473 e. The van der Waals surface area contributed by atoms with E-state index in [9.17, 15) is 23.4 Å². The number of nitrogens with zero attached hydrogens (tertiary/aromatic N) is 2. The van der Waals surface area contributed by atoms with Crippen LogP contribution in [0.4, 0.5) is 5.82 Å². The number of unbranched alkanes of at least 4 members (excludes halogenated alkanes) is 2. The van der Waals surface area contributed by atoms with Gasteiger partial charge >= 0.3 is 18.1 Å². The van der Waals surface area contributed by atoms with Gasteiger partial charge in [0.15, 0.2) is 0 Å². The number of pyridine rings is 1. The summed E-state index contributed by atoms with van der Waals surface area (Å²) in [6, 6.07) is 8.25. The molecule has 0 spiro atoms. The zero-order valence-corrected chi connectivity index (χ0v) is 28.6. The zero-order chi connectivity index (χ0) is 30.3. The summed E-state index contributed by atoms with van der Waals surface area (Å²) in [5.41, 5.74) is 7.40. The van der Waals surface area contributed by atoms with Gasteiger partial charge in [-0.2, -0.15) is 24.6 Å². The third-order valence-electron chi connectivity index (χ3n) is 5.61. The van der Waals surface area contributed by atoms with Gasteiger partial charge in [0.05, 0.1) is 50.8 Å². The van der Waals surface area contributed by atoms with Gasteiger partial charge in [0.2, 0.25) is 11.8 Å². The number of nitrogens with one attached hydrogen (secondary N) is 2. The molecule has 2 rings (SSSR count). The van der Waals surface area contributed by atoms with E-state index in [-0.39, 0.29) is 71.2 Å². The molecule has 2 aromatic rings. The number of hydrogen-bond donors (Lipinski definition) is 3. The van der Waals surface area contributed by atoms with Crippen LogP contribution < -0.4 is 13.6 Å². The van der Waals surface area contributed by atoms with Crippen LogP contribution in [0.2, 0.25) is 0 Å². The lowest BCUT2D eigenvalue weighted by Gasteiger charge is -2.10. The van der Waals surface area contributed by atoms with E-state index in [1.165, 1.54) is 19.4 Å². The number of carbonyl (C=O) groups excluding carboxylic acids is 4. The Morgan fingerprint density at radius 2 is 1.78 bits per heavy atom. The highest BCUT2D eigenvalue weighted by molar-refractivity contribution is 14.1. The number of nitrogens with two attached hydrogens (primary N) is 1. The van der Waals surface area contributed by atoms with Crippen molar-refractivity contribution in [2.24, 2.45) is 4.36 Å². The van der Waals surface area contributed by atoms with Crippen LogP contribution in [0.15, 0.2) is 40.9 Å². The molecular formula is C26H29AlI2N5O6S. The van der Waals surface area contributed by atoms with Crippen molar-refractivity contribution in [2.45, 2.75) is 38.5 Å². The number of rotatable bonds is 13. The van der Waals surface area contributed by atoms with Crippen molar-refractivity contribution in [3.63, 3.8) is 0 Å². The number of aromatic nitrogens is 1. The van der Waals surface area contributed by atoms with Gasteiger partial charge in [-0.1, -0.05) is 17.9 Å². The van der Waals surface area contributed by atoms with Gasteiger partial charge in [0.25, 0.3) is 5.91 Å². The minimum atomic E-state index is -2.98. The molecule has 1 atom stereocenters. The summed E-state index contributed by atoms with van der Waals surface area (Å²) >= 11 is 3.66. The second kappa shape index (κ2) is 18.3. The number of anilines is 1. The van der Waals surface area contributed by atoms with Crippen LogP contribution in [-0.4, -0.2) is 63.7 Å². The van der Waals surface area contributed by atoms with Crippen molar-refractivity contribution in [3.8, 4) is 11.8 Å². The number of amides is 3. The van der Waals surface area contributed by atoms with Crippen molar-refractivity contribution in [2.75, 3.05) is 24.3 Å². The van der Waals surface area contributed by atoms with Gasteiger partial charge in [-0.3, -0.25) is 22.7 Å². The lowest BCUT2D eigenvalue weighted by atomic mass is 10.1. The maximum Gasteiger partial charge on any atom is 0.473 e. The topological polar surface area (TPSA) is 170 Å². The minimum absolute atomic E-state index is 0.0771. The molecule has 1 heterocycles. The van der Waals surface area contributed by atoms with E-state index < -0.39 is 15.6 Å². The fourth-order valence-corrected chi connectivity index (χ4v) is 6.95. The quantitative estimate of drug-likeness (QED) is 0.0691. The second-order valence-corrected chi connectivity index (χ2v) is 14.1. The Morgan fingerprint density at radius 1 is 1.07 bits per heavy atom. The number of carbonyl (C=O) groups is 4. The molecule has 4 N–H and O–H groups in total. The van der Waals surface area contributed by atoms with Crippen LogP contribution in [0.3, 0.4) is 0 Å². The summed E-state index contributed by atoms with van der Waals surface area (Å²) in [6.45, 7) is 0. The highest BCUT2D eigenvalue weighted by Crippen LogP contribution is 2.15. The number of benzene rings is 1. The molecule has 0 saturated carbocycles. The number of nitrogen functional groups attached to an aromatic ring is 1. The maximum absolute atomic E-state index is 13.7. The Balaban J connectivity index is 2.27. The number of esters is 1. The molecule has 1 aromatic carbocycles. The maximum atomic E-state index is 13.7. The fraction of sp³-hybridized carbons (Fsp3) is 0.346. The Labute approximate surface area is 271 Å². The predicted octanol–water partition coefficient (Wildman–Crippen LogP) is 3.35. The molecule has 0 aliphatic heterocycles. The van der Waals surface area contributed by atoms with Crippen molar-refractivity contribution in [1.82, 2.24) is 12.8 Å². The molecule has 0 saturated heterocycles. The third-order valence-corrected chi connectivity index (χ3v) is 9.87. The zero-order valence-electron chi connectivity index (χ0n) is 22.3. The van der Waals surface area contributed by atoms with E-state index in [0.29, 0.717) is 36.8 Å². The Hall–Kier alpha value is -2.25. The average Bonchev–Trinajstić information content (AvgIpc) is 2.97. The van der Waals surface area contributed by atoms with Crippen LogP contribution in [0, 0.1) is 11.8 Å². The lowest BCUT2D eigenvalue weighted by molar-refractivity contribution is -0.140. The number of methoxy groups -OCH3 is 1. The van der Waals surface area contributed by atoms with Crippen molar-refractivity contribution in [3.05, 3.63) is 58.8 Å². The first-order chi connectivity index (χ1) is 19.6. The second-order valence-electron chi connectivity index (χ2n) is 8.66. The molecule has 217 valence electrons. The van der Waals surface area contributed by atoms with Gasteiger partial charge in [0, 0.05) is 41.7 Å². The first kappa shape index (κ1) is 35.0. The molecule has 3 amide bonds.